The fourth-order valence-electron chi connectivity index (χ4n) is 1.49. The molecule has 0 aliphatic carbocycles. The molecule has 8 heteroatoms. The Labute approximate surface area is 117 Å². The van der Waals surface area contributed by atoms with Gasteiger partial charge in [0.1, 0.15) is 18.4 Å². The van der Waals surface area contributed by atoms with Crippen LogP contribution in [0.3, 0.4) is 0 Å². The molecule has 0 bridgehead atoms. The molecule has 0 radical (unpaired) electrons. The van der Waals surface area contributed by atoms with Gasteiger partial charge >= 0.3 is 0 Å². The van der Waals surface area contributed by atoms with Crippen molar-refractivity contribution in [2.75, 3.05) is 13.2 Å². The Balaban J connectivity index is 4.49. The van der Waals surface area contributed by atoms with Crippen molar-refractivity contribution in [3.05, 3.63) is 0 Å². The van der Waals surface area contributed by atoms with Gasteiger partial charge in [-0.15, -0.1) is 0 Å². The Bertz CT molecular complexity index is 335. The molecule has 6 N–H and O–H groups in total. The number of amides is 2. The lowest BCUT2D eigenvalue weighted by molar-refractivity contribution is -0.132. The number of carbonyl (C=O) groups excluding carboxylic acids is 3. The van der Waals surface area contributed by atoms with Crippen molar-refractivity contribution in [2.45, 2.75) is 38.4 Å². The molecule has 0 saturated carbocycles. The van der Waals surface area contributed by atoms with Gasteiger partial charge in [0.25, 0.3) is 0 Å². The van der Waals surface area contributed by atoms with Crippen LogP contribution in [-0.4, -0.2) is 59.7 Å². The summed E-state index contributed by atoms with van der Waals surface area (Å²) in [5, 5.41) is 22.4. The molecule has 0 aromatic heterocycles. The Morgan fingerprint density at radius 3 is 2.15 bits per heavy atom. The number of hydrogen-bond acceptors (Lipinski definition) is 6. The van der Waals surface area contributed by atoms with Crippen molar-refractivity contribution in [1.82, 2.24) is 10.6 Å². The molecule has 20 heavy (non-hydrogen) atoms. The van der Waals surface area contributed by atoms with E-state index >= 15 is 0 Å². The molecule has 0 rings (SSSR count). The first kappa shape index (κ1) is 18.5. The fourth-order valence-corrected chi connectivity index (χ4v) is 1.49. The van der Waals surface area contributed by atoms with E-state index in [1.165, 1.54) is 0 Å². The van der Waals surface area contributed by atoms with Crippen molar-refractivity contribution in [3.8, 4) is 0 Å². The van der Waals surface area contributed by atoms with E-state index in [9.17, 15) is 14.4 Å². The molecular formula is C12H23N3O5. The van der Waals surface area contributed by atoms with Crippen LogP contribution in [0.2, 0.25) is 0 Å². The molecule has 0 aliphatic heterocycles. The minimum Gasteiger partial charge on any atom is -0.394 e. The third-order valence-corrected chi connectivity index (χ3v) is 2.57. The molecule has 0 aromatic rings. The van der Waals surface area contributed by atoms with E-state index in [0.29, 0.717) is 12.7 Å². The van der Waals surface area contributed by atoms with E-state index in [-0.39, 0.29) is 5.92 Å². The topological polar surface area (TPSA) is 142 Å². The molecule has 0 fully saturated rings. The standard InChI is InChI=1S/C12H23N3O5/c1-7(2)3-9(13)11(19)15-10(6-18)12(20)14-8(4-16)5-17/h4,7-10,17-18H,3,5-6,13H2,1-2H3,(H,14,20)(H,15,19)/t8-,9+,10+/m1/s1. The summed E-state index contributed by atoms with van der Waals surface area (Å²) in [5.41, 5.74) is 5.65. The lowest BCUT2D eigenvalue weighted by Crippen LogP contribution is -2.55. The number of carbonyl (C=O) groups is 3. The largest absolute Gasteiger partial charge is 0.394 e. The zero-order chi connectivity index (χ0) is 15.7. The fraction of sp³-hybridized carbons (Fsp3) is 0.750. The Hall–Kier alpha value is -1.51. The predicted octanol–water partition coefficient (Wildman–Crippen LogP) is -2.49. The van der Waals surface area contributed by atoms with Crippen LogP contribution in [0.25, 0.3) is 0 Å². The van der Waals surface area contributed by atoms with Gasteiger partial charge in [-0.3, -0.25) is 9.59 Å². The Kier molecular flexibility index (Phi) is 8.69. The normalized spacial score (nSPS) is 15.3. The van der Waals surface area contributed by atoms with Crippen LogP contribution in [0.15, 0.2) is 0 Å². The summed E-state index contributed by atoms with van der Waals surface area (Å²) in [6.07, 6.45) is 0.803. The molecule has 0 unspecified atom stereocenters. The van der Waals surface area contributed by atoms with Gasteiger partial charge in [0, 0.05) is 0 Å². The molecule has 0 aromatic carbocycles. The third kappa shape index (κ3) is 6.60. The van der Waals surface area contributed by atoms with Crippen molar-refractivity contribution < 1.29 is 24.6 Å². The number of rotatable bonds is 9. The first-order valence-electron chi connectivity index (χ1n) is 6.39. The van der Waals surface area contributed by atoms with E-state index in [2.05, 4.69) is 10.6 Å². The molecule has 2 amide bonds. The van der Waals surface area contributed by atoms with Gasteiger partial charge in [-0.2, -0.15) is 0 Å². The average Bonchev–Trinajstić information content (AvgIpc) is 2.40. The van der Waals surface area contributed by atoms with Crippen LogP contribution >= 0.6 is 0 Å². The van der Waals surface area contributed by atoms with E-state index in [0.717, 1.165) is 0 Å². The van der Waals surface area contributed by atoms with Crippen molar-refractivity contribution in [2.24, 2.45) is 11.7 Å². The highest BCUT2D eigenvalue weighted by atomic mass is 16.3. The van der Waals surface area contributed by atoms with Crippen LogP contribution < -0.4 is 16.4 Å². The van der Waals surface area contributed by atoms with Crippen molar-refractivity contribution >= 4 is 18.1 Å². The first-order valence-corrected chi connectivity index (χ1v) is 6.39. The molecular weight excluding hydrogens is 266 g/mol. The third-order valence-electron chi connectivity index (χ3n) is 2.57. The van der Waals surface area contributed by atoms with Crippen LogP contribution in [0, 0.1) is 5.92 Å². The number of aliphatic hydroxyl groups is 2. The second kappa shape index (κ2) is 9.40. The van der Waals surface area contributed by atoms with Crippen LogP contribution in [0.5, 0.6) is 0 Å². The van der Waals surface area contributed by atoms with Crippen molar-refractivity contribution in [3.63, 3.8) is 0 Å². The lowest BCUT2D eigenvalue weighted by Gasteiger charge is -2.20. The number of nitrogens with one attached hydrogen (secondary N) is 2. The van der Waals surface area contributed by atoms with Crippen LogP contribution in [0.4, 0.5) is 0 Å². The van der Waals surface area contributed by atoms with E-state index in [1.807, 2.05) is 13.8 Å². The van der Waals surface area contributed by atoms with E-state index in [4.69, 9.17) is 15.9 Å². The first-order chi connectivity index (χ1) is 9.35. The number of aliphatic hydroxyl groups excluding tert-OH is 2. The van der Waals surface area contributed by atoms with Gasteiger partial charge in [0.05, 0.1) is 19.3 Å². The second-order valence-corrected chi connectivity index (χ2v) is 4.91. The van der Waals surface area contributed by atoms with Gasteiger partial charge < -0.3 is 31.4 Å². The summed E-state index contributed by atoms with van der Waals surface area (Å²) in [4.78, 5) is 33.9. The van der Waals surface area contributed by atoms with Crippen LogP contribution in [-0.2, 0) is 14.4 Å². The quantitative estimate of drug-likeness (QED) is 0.297. The van der Waals surface area contributed by atoms with Gasteiger partial charge in [-0.05, 0) is 12.3 Å². The molecule has 0 saturated heterocycles. The SMILES string of the molecule is CC(C)C[C@H](N)C(=O)N[C@@H](CO)C(=O)N[C@H](C=O)CO. The van der Waals surface area contributed by atoms with Gasteiger partial charge in [0.2, 0.25) is 11.8 Å². The highest BCUT2D eigenvalue weighted by molar-refractivity contribution is 5.90. The Morgan fingerprint density at radius 1 is 1.15 bits per heavy atom. The molecule has 0 aliphatic rings. The second-order valence-electron chi connectivity index (χ2n) is 4.91. The number of hydrogen-bond donors (Lipinski definition) is 5. The van der Waals surface area contributed by atoms with E-state index < -0.39 is 43.2 Å². The highest BCUT2D eigenvalue weighted by Crippen LogP contribution is 2.02. The lowest BCUT2D eigenvalue weighted by atomic mass is 10.0. The molecule has 3 atom stereocenters. The number of aldehydes is 1. The number of nitrogens with two attached hydrogens (primary N) is 1. The minimum atomic E-state index is -1.21. The maximum absolute atomic E-state index is 11.7. The summed E-state index contributed by atoms with van der Waals surface area (Å²) >= 11 is 0. The zero-order valence-electron chi connectivity index (χ0n) is 11.7. The Morgan fingerprint density at radius 2 is 1.75 bits per heavy atom. The molecule has 116 valence electrons. The van der Waals surface area contributed by atoms with E-state index in [1.54, 1.807) is 0 Å². The summed E-state index contributed by atoms with van der Waals surface area (Å²) in [7, 11) is 0. The highest BCUT2D eigenvalue weighted by Gasteiger charge is 2.24. The summed E-state index contributed by atoms with van der Waals surface area (Å²) in [6, 6.07) is -3.07. The maximum Gasteiger partial charge on any atom is 0.245 e. The smallest absolute Gasteiger partial charge is 0.245 e. The molecule has 8 nitrogen and oxygen atoms in total. The monoisotopic (exact) mass is 289 g/mol. The maximum atomic E-state index is 11.7. The van der Waals surface area contributed by atoms with Crippen LogP contribution in [0.1, 0.15) is 20.3 Å². The minimum absolute atomic E-state index is 0.214. The average molecular weight is 289 g/mol. The summed E-state index contributed by atoms with van der Waals surface area (Å²) in [5.74, 6) is -1.10. The zero-order valence-corrected chi connectivity index (χ0v) is 11.7. The van der Waals surface area contributed by atoms with Gasteiger partial charge in [-0.1, -0.05) is 13.8 Å². The molecule has 0 heterocycles. The van der Waals surface area contributed by atoms with Crippen molar-refractivity contribution in [1.29, 1.82) is 0 Å². The summed E-state index contributed by atoms with van der Waals surface area (Å²) < 4.78 is 0. The van der Waals surface area contributed by atoms with Gasteiger partial charge in [0.15, 0.2) is 0 Å². The molecule has 0 spiro atoms. The predicted molar refractivity (Wildman–Crippen MR) is 71.5 cm³/mol. The summed E-state index contributed by atoms with van der Waals surface area (Å²) in [6.45, 7) is 2.61. The van der Waals surface area contributed by atoms with Gasteiger partial charge in [-0.25, -0.2) is 0 Å².